The maximum Gasteiger partial charge on any atom is 0.219 e. The van der Waals surface area contributed by atoms with Crippen LogP contribution in [0.25, 0.3) is 0 Å². The van der Waals surface area contributed by atoms with Gasteiger partial charge in [-0.25, -0.2) is 8.42 Å². The molecule has 0 aliphatic carbocycles. The summed E-state index contributed by atoms with van der Waals surface area (Å²) in [6, 6.07) is 0. The fourth-order valence-corrected chi connectivity index (χ4v) is 3.21. The first-order chi connectivity index (χ1) is 7.52. The second-order valence-electron chi connectivity index (χ2n) is 4.12. The molecule has 16 heavy (non-hydrogen) atoms. The number of likely N-dealkylation sites (N-methyl/N-ethyl adjacent to an activating group) is 1. The Bertz CT molecular complexity index is 298. The number of ether oxygens (including phenoxy) is 1. The van der Waals surface area contributed by atoms with E-state index < -0.39 is 15.3 Å². The molecule has 0 aromatic heterocycles. The van der Waals surface area contributed by atoms with E-state index in [1.165, 1.54) is 11.2 Å². The monoisotopic (exact) mass is 251 g/mol. The van der Waals surface area contributed by atoms with Crippen LogP contribution in [0.15, 0.2) is 0 Å². The summed E-state index contributed by atoms with van der Waals surface area (Å²) in [6.45, 7) is 4.53. The Morgan fingerprint density at radius 1 is 1.56 bits per heavy atom. The van der Waals surface area contributed by atoms with Crippen molar-refractivity contribution in [3.8, 4) is 0 Å². The number of aliphatic hydroxyl groups excluding tert-OH is 1. The van der Waals surface area contributed by atoms with E-state index in [-0.39, 0.29) is 12.7 Å². The largest absolute Gasteiger partial charge is 0.395 e. The first kappa shape index (κ1) is 13.9. The molecule has 1 rings (SSSR count). The zero-order valence-electron chi connectivity index (χ0n) is 9.92. The number of sulfonamides is 1. The Morgan fingerprint density at radius 3 is 2.69 bits per heavy atom. The average Bonchev–Trinajstić information content (AvgIpc) is 2.76. The fraction of sp³-hybridized carbons (Fsp3) is 1.00. The molecule has 1 saturated heterocycles. The van der Waals surface area contributed by atoms with E-state index in [4.69, 9.17) is 9.84 Å². The van der Waals surface area contributed by atoms with E-state index in [2.05, 4.69) is 0 Å². The van der Waals surface area contributed by atoms with Crippen molar-refractivity contribution in [3.05, 3.63) is 0 Å². The van der Waals surface area contributed by atoms with Gasteiger partial charge in [0.2, 0.25) is 10.0 Å². The van der Waals surface area contributed by atoms with Crippen LogP contribution in [0, 0.1) is 0 Å². The molecule has 1 fully saturated rings. The van der Waals surface area contributed by atoms with Crippen molar-refractivity contribution in [3.63, 3.8) is 0 Å². The van der Waals surface area contributed by atoms with Crippen LogP contribution in [0.2, 0.25) is 0 Å². The maximum atomic E-state index is 12.0. The molecule has 0 radical (unpaired) electrons. The zero-order chi connectivity index (χ0) is 12.2. The molecule has 5 nitrogen and oxygen atoms in total. The molecule has 1 aliphatic heterocycles. The van der Waals surface area contributed by atoms with E-state index in [1.807, 2.05) is 0 Å². The van der Waals surface area contributed by atoms with Gasteiger partial charge in [-0.3, -0.25) is 0 Å². The van der Waals surface area contributed by atoms with Crippen LogP contribution in [-0.4, -0.2) is 55.5 Å². The van der Waals surface area contributed by atoms with E-state index >= 15 is 0 Å². The number of hydrogen-bond acceptors (Lipinski definition) is 4. The van der Waals surface area contributed by atoms with Gasteiger partial charge in [0.1, 0.15) is 0 Å². The smallest absolute Gasteiger partial charge is 0.219 e. The summed E-state index contributed by atoms with van der Waals surface area (Å²) in [4.78, 5) is 0. The van der Waals surface area contributed by atoms with Crippen LogP contribution in [-0.2, 0) is 14.8 Å². The van der Waals surface area contributed by atoms with Gasteiger partial charge in [0.05, 0.1) is 18.0 Å². The third-order valence-corrected chi connectivity index (χ3v) is 5.20. The van der Waals surface area contributed by atoms with Gasteiger partial charge in [-0.1, -0.05) is 6.92 Å². The molecule has 0 amide bonds. The number of hydrogen-bond donors (Lipinski definition) is 1. The first-order valence-corrected chi connectivity index (χ1v) is 7.24. The highest BCUT2D eigenvalue weighted by Gasteiger charge is 2.30. The van der Waals surface area contributed by atoms with Crippen LogP contribution in [0.4, 0.5) is 0 Å². The van der Waals surface area contributed by atoms with Crippen LogP contribution in [0.1, 0.15) is 26.7 Å². The third-order valence-electron chi connectivity index (χ3n) is 2.91. The topological polar surface area (TPSA) is 66.8 Å². The molecule has 2 unspecified atom stereocenters. The lowest BCUT2D eigenvalue weighted by Crippen LogP contribution is -2.42. The molecular formula is C10H21NO4S. The minimum absolute atomic E-state index is 0.0145. The van der Waals surface area contributed by atoms with E-state index in [9.17, 15) is 8.42 Å². The summed E-state index contributed by atoms with van der Waals surface area (Å²) in [5.74, 6) is 0. The fourth-order valence-electron chi connectivity index (χ4n) is 1.78. The molecule has 96 valence electrons. The van der Waals surface area contributed by atoms with Crippen LogP contribution in [0.5, 0.6) is 0 Å². The lowest BCUT2D eigenvalue weighted by molar-refractivity contribution is 0.0942. The second-order valence-corrected chi connectivity index (χ2v) is 6.47. The summed E-state index contributed by atoms with van der Waals surface area (Å²) in [5, 5.41) is 8.20. The van der Waals surface area contributed by atoms with Crippen molar-refractivity contribution in [1.82, 2.24) is 4.31 Å². The number of aliphatic hydroxyl groups is 1. The highest BCUT2D eigenvalue weighted by atomic mass is 32.2. The highest BCUT2D eigenvalue weighted by molar-refractivity contribution is 7.89. The van der Waals surface area contributed by atoms with Gasteiger partial charge in [0, 0.05) is 19.7 Å². The molecule has 0 aromatic rings. The third kappa shape index (κ3) is 3.16. The van der Waals surface area contributed by atoms with Crippen LogP contribution in [0.3, 0.4) is 0 Å². The van der Waals surface area contributed by atoms with Crippen LogP contribution >= 0.6 is 0 Å². The summed E-state index contributed by atoms with van der Waals surface area (Å²) >= 11 is 0. The van der Waals surface area contributed by atoms with Gasteiger partial charge in [-0.2, -0.15) is 4.31 Å². The van der Waals surface area contributed by atoms with Crippen molar-refractivity contribution in [1.29, 1.82) is 0 Å². The highest BCUT2D eigenvalue weighted by Crippen LogP contribution is 2.16. The zero-order valence-corrected chi connectivity index (χ0v) is 10.7. The van der Waals surface area contributed by atoms with E-state index in [0.717, 1.165) is 19.4 Å². The SMILES string of the molecule is CCN(CC1CCCO1)S(=O)(=O)C(C)CO. The molecule has 0 bridgehead atoms. The van der Waals surface area contributed by atoms with Crippen molar-refractivity contribution in [2.75, 3.05) is 26.3 Å². The normalized spacial score (nSPS) is 23.9. The Morgan fingerprint density at radius 2 is 2.25 bits per heavy atom. The van der Waals surface area contributed by atoms with Gasteiger partial charge in [-0.15, -0.1) is 0 Å². The standard InChI is InChI=1S/C10H21NO4S/c1-3-11(7-10-5-4-6-15-10)16(13,14)9(2)8-12/h9-10,12H,3-8H2,1-2H3. The lowest BCUT2D eigenvalue weighted by Gasteiger charge is -2.25. The van der Waals surface area contributed by atoms with Gasteiger partial charge in [-0.05, 0) is 19.8 Å². The van der Waals surface area contributed by atoms with E-state index in [1.54, 1.807) is 6.92 Å². The summed E-state index contributed by atoms with van der Waals surface area (Å²) in [6.07, 6.45) is 1.93. The predicted octanol–water partition coefficient (Wildman–Crippen LogP) is 0.198. The molecule has 0 spiro atoms. The second kappa shape index (κ2) is 5.95. The molecule has 1 aliphatic rings. The Kier molecular flexibility index (Phi) is 5.17. The molecular weight excluding hydrogens is 230 g/mol. The minimum Gasteiger partial charge on any atom is -0.395 e. The summed E-state index contributed by atoms with van der Waals surface area (Å²) in [7, 11) is -3.39. The van der Waals surface area contributed by atoms with Gasteiger partial charge in [0.15, 0.2) is 0 Å². The summed E-state index contributed by atoms with van der Waals surface area (Å²) < 4.78 is 30.8. The average molecular weight is 251 g/mol. The maximum absolute atomic E-state index is 12.0. The summed E-state index contributed by atoms with van der Waals surface area (Å²) in [5.41, 5.74) is 0. The quantitative estimate of drug-likeness (QED) is 0.732. The Labute approximate surface area is 97.4 Å². The van der Waals surface area contributed by atoms with Crippen molar-refractivity contribution in [2.24, 2.45) is 0 Å². The predicted molar refractivity (Wildman–Crippen MR) is 61.7 cm³/mol. The number of nitrogens with zero attached hydrogens (tertiary/aromatic N) is 1. The minimum atomic E-state index is -3.39. The molecule has 0 saturated carbocycles. The molecule has 6 heteroatoms. The molecule has 1 heterocycles. The van der Waals surface area contributed by atoms with Crippen molar-refractivity contribution in [2.45, 2.75) is 38.0 Å². The van der Waals surface area contributed by atoms with Crippen molar-refractivity contribution < 1.29 is 18.3 Å². The first-order valence-electron chi connectivity index (χ1n) is 5.73. The lowest BCUT2D eigenvalue weighted by atomic mass is 10.2. The van der Waals surface area contributed by atoms with E-state index in [0.29, 0.717) is 13.1 Å². The molecule has 1 N–H and O–H groups in total. The molecule has 2 atom stereocenters. The Hall–Kier alpha value is -0.170. The molecule has 0 aromatic carbocycles. The van der Waals surface area contributed by atoms with Crippen molar-refractivity contribution >= 4 is 10.0 Å². The van der Waals surface area contributed by atoms with Gasteiger partial charge < -0.3 is 9.84 Å². The van der Waals surface area contributed by atoms with Gasteiger partial charge >= 0.3 is 0 Å². The number of rotatable bonds is 6. The van der Waals surface area contributed by atoms with Gasteiger partial charge in [0.25, 0.3) is 0 Å². The van der Waals surface area contributed by atoms with Crippen LogP contribution < -0.4 is 0 Å². The Balaban J connectivity index is 2.65.